The van der Waals surface area contributed by atoms with Gasteiger partial charge in [-0.3, -0.25) is 4.79 Å². The molecule has 0 saturated carbocycles. The summed E-state index contributed by atoms with van der Waals surface area (Å²) >= 11 is 5.72. The van der Waals surface area contributed by atoms with Crippen LogP contribution in [0.4, 0.5) is 0 Å². The van der Waals surface area contributed by atoms with Gasteiger partial charge in [0, 0.05) is 17.6 Å². The number of hydrogen-bond donors (Lipinski definition) is 1. The summed E-state index contributed by atoms with van der Waals surface area (Å²) in [4.78, 5) is 16.4. The number of thioether (sulfide) groups is 2. The number of unbranched alkanes of at least 4 members (excludes halogenated alkanes) is 1. The average Bonchev–Trinajstić information content (AvgIpc) is 3.12. The number of nitrogens with one attached hydrogen (secondary N) is 1. The Morgan fingerprint density at radius 1 is 1.22 bits per heavy atom. The van der Waals surface area contributed by atoms with Gasteiger partial charge in [-0.2, -0.15) is 0 Å². The van der Waals surface area contributed by atoms with Crippen molar-refractivity contribution in [2.45, 2.75) is 37.2 Å². The molecule has 1 N–H and O–H groups in total. The smallest absolute Gasteiger partial charge is 0.257 e. The molecule has 0 bridgehead atoms. The van der Waals surface area contributed by atoms with E-state index in [1.54, 1.807) is 11.3 Å². The molecule has 1 aromatic heterocycles. The van der Waals surface area contributed by atoms with Crippen molar-refractivity contribution in [3.63, 3.8) is 0 Å². The summed E-state index contributed by atoms with van der Waals surface area (Å²) in [6.07, 6.45) is 4.27. The zero-order valence-corrected chi connectivity index (χ0v) is 18.1. The lowest BCUT2D eigenvalue weighted by Crippen LogP contribution is -2.29. The van der Waals surface area contributed by atoms with Crippen LogP contribution in [0.3, 0.4) is 0 Å². The Labute approximate surface area is 173 Å². The quantitative estimate of drug-likeness (QED) is 0.586. The molecule has 1 amide bonds. The van der Waals surface area contributed by atoms with Gasteiger partial charge in [0.15, 0.2) is 6.61 Å². The first-order chi connectivity index (χ1) is 13.2. The number of ether oxygens (including phenoxy) is 1. The Balaban J connectivity index is 1.29. The first kappa shape index (κ1) is 20.6. The molecular formula is C20H26N2O2S3. The van der Waals surface area contributed by atoms with Crippen molar-refractivity contribution in [1.82, 2.24) is 10.3 Å². The number of amides is 1. The van der Waals surface area contributed by atoms with Crippen LogP contribution in [0.25, 0.3) is 0 Å². The van der Waals surface area contributed by atoms with E-state index >= 15 is 0 Å². The number of hydrogen-bond acceptors (Lipinski definition) is 6. The molecule has 0 radical (unpaired) electrons. The van der Waals surface area contributed by atoms with E-state index in [1.807, 2.05) is 42.6 Å². The molecular weight excluding hydrogens is 396 g/mol. The van der Waals surface area contributed by atoms with Gasteiger partial charge in [-0.15, -0.1) is 34.9 Å². The van der Waals surface area contributed by atoms with E-state index in [1.165, 1.54) is 28.5 Å². The maximum absolute atomic E-state index is 11.9. The second-order valence-corrected chi connectivity index (χ2v) is 10.1. The number of thiazole rings is 1. The number of benzene rings is 1. The standard InChI is InChI=1S/C20H26N2O2S3/c1-15-14-27-19(22-15)5-2-3-10-21-18(23)13-24-17-8-6-16(7-9-17)20-25-11-4-12-26-20/h6-9,14,20H,2-5,10-13H2,1H3,(H,21,23). The van der Waals surface area contributed by atoms with Gasteiger partial charge in [0.1, 0.15) is 5.75 Å². The van der Waals surface area contributed by atoms with Crippen LogP contribution in [0.1, 0.15) is 40.1 Å². The molecule has 1 fully saturated rings. The van der Waals surface area contributed by atoms with Crippen LogP contribution < -0.4 is 10.1 Å². The Kier molecular flexibility index (Phi) is 8.35. The Morgan fingerprint density at radius 3 is 2.70 bits per heavy atom. The van der Waals surface area contributed by atoms with Crippen molar-refractivity contribution >= 4 is 40.8 Å². The third-order valence-corrected chi connectivity index (χ3v) is 8.20. The van der Waals surface area contributed by atoms with Crippen molar-refractivity contribution in [3.8, 4) is 5.75 Å². The van der Waals surface area contributed by atoms with E-state index in [0.717, 1.165) is 30.7 Å². The summed E-state index contributed by atoms with van der Waals surface area (Å²) in [7, 11) is 0. The van der Waals surface area contributed by atoms with Crippen LogP contribution >= 0.6 is 34.9 Å². The SMILES string of the molecule is Cc1csc(CCCCNC(=O)COc2ccc(C3SCCCS3)cc2)n1. The summed E-state index contributed by atoms with van der Waals surface area (Å²) < 4.78 is 6.14. The number of rotatable bonds is 9. The zero-order valence-electron chi connectivity index (χ0n) is 15.6. The maximum Gasteiger partial charge on any atom is 0.257 e. The molecule has 27 heavy (non-hydrogen) atoms. The van der Waals surface area contributed by atoms with Crippen LogP contribution in [-0.2, 0) is 11.2 Å². The van der Waals surface area contributed by atoms with Crippen LogP contribution in [0.15, 0.2) is 29.6 Å². The first-order valence-electron chi connectivity index (χ1n) is 9.34. The van der Waals surface area contributed by atoms with E-state index in [0.29, 0.717) is 11.1 Å². The fourth-order valence-electron chi connectivity index (χ4n) is 2.75. The predicted molar refractivity (Wildman–Crippen MR) is 117 cm³/mol. The van der Waals surface area contributed by atoms with E-state index in [-0.39, 0.29) is 12.5 Å². The molecule has 2 heterocycles. The lowest BCUT2D eigenvalue weighted by molar-refractivity contribution is -0.123. The van der Waals surface area contributed by atoms with Gasteiger partial charge in [0.25, 0.3) is 5.91 Å². The second-order valence-electron chi connectivity index (χ2n) is 6.47. The lowest BCUT2D eigenvalue weighted by Gasteiger charge is -2.21. The molecule has 1 aliphatic rings. The molecule has 7 heteroatoms. The minimum atomic E-state index is -0.0671. The minimum absolute atomic E-state index is 0.0671. The van der Waals surface area contributed by atoms with Gasteiger partial charge in [0.2, 0.25) is 0 Å². The highest BCUT2D eigenvalue weighted by Gasteiger charge is 2.16. The third-order valence-electron chi connectivity index (χ3n) is 4.16. The van der Waals surface area contributed by atoms with Gasteiger partial charge < -0.3 is 10.1 Å². The van der Waals surface area contributed by atoms with E-state index in [2.05, 4.69) is 27.8 Å². The minimum Gasteiger partial charge on any atom is -0.484 e. The van der Waals surface area contributed by atoms with Crippen molar-refractivity contribution in [3.05, 3.63) is 45.9 Å². The summed E-state index contributed by atoms with van der Waals surface area (Å²) in [6, 6.07) is 8.16. The van der Waals surface area contributed by atoms with Crippen molar-refractivity contribution in [1.29, 1.82) is 0 Å². The van der Waals surface area contributed by atoms with Gasteiger partial charge in [-0.05, 0) is 61.8 Å². The highest BCUT2D eigenvalue weighted by molar-refractivity contribution is 8.16. The van der Waals surface area contributed by atoms with Crippen LogP contribution in [0.2, 0.25) is 0 Å². The zero-order chi connectivity index (χ0) is 18.9. The summed E-state index contributed by atoms with van der Waals surface area (Å²) in [5.41, 5.74) is 2.42. The molecule has 4 nitrogen and oxygen atoms in total. The van der Waals surface area contributed by atoms with E-state index in [9.17, 15) is 4.79 Å². The highest BCUT2D eigenvalue weighted by Crippen LogP contribution is 2.43. The molecule has 0 atom stereocenters. The summed E-state index contributed by atoms with van der Waals surface area (Å²) in [5.74, 6) is 3.15. The molecule has 0 aliphatic carbocycles. The fourth-order valence-corrected chi connectivity index (χ4v) is 6.46. The summed E-state index contributed by atoms with van der Waals surface area (Å²) in [5, 5.41) is 6.17. The average molecular weight is 423 g/mol. The largest absolute Gasteiger partial charge is 0.484 e. The lowest BCUT2D eigenvalue weighted by atomic mass is 10.2. The fraction of sp³-hybridized carbons (Fsp3) is 0.500. The normalized spacial score (nSPS) is 14.9. The van der Waals surface area contributed by atoms with Crippen LogP contribution in [0, 0.1) is 6.92 Å². The van der Waals surface area contributed by atoms with Crippen molar-refractivity contribution in [2.24, 2.45) is 0 Å². The molecule has 3 rings (SSSR count). The van der Waals surface area contributed by atoms with Gasteiger partial charge >= 0.3 is 0 Å². The number of aromatic nitrogens is 1. The molecule has 0 unspecified atom stereocenters. The predicted octanol–water partition coefficient (Wildman–Crippen LogP) is 4.84. The Morgan fingerprint density at radius 2 is 2.00 bits per heavy atom. The van der Waals surface area contributed by atoms with Crippen molar-refractivity contribution < 1.29 is 9.53 Å². The molecule has 1 saturated heterocycles. The van der Waals surface area contributed by atoms with Gasteiger partial charge in [0.05, 0.1) is 9.59 Å². The maximum atomic E-state index is 11.9. The van der Waals surface area contributed by atoms with Gasteiger partial charge in [-0.25, -0.2) is 4.98 Å². The first-order valence-corrected chi connectivity index (χ1v) is 12.3. The van der Waals surface area contributed by atoms with Gasteiger partial charge in [-0.1, -0.05) is 12.1 Å². The van der Waals surface area contributed by atoms with Crippen LogP contribution in [-0.4, -0.2) is 35.5 Å². The molecule has 146 valence electrons. The molecule has 0 spiro atoms. The molecule has 1 aliphatic heterocycles. The number of carbonyl (C=O) groups is 1. The van der Waals surface area contributed by atoms with E-state index in [4.69, 9.17) is 4.74 Å². The topological polar surface area (TPSA) is 51.2 Å². The number of carbonyl (C=O) groups excluding carboxylic acids is 1. The molecule has 1 aromatic carbocycles. The second kappa shape index (κ2) is 11.0. The Bertz CT molecular complexity index is 712. The third kappa shape index (κ3) is 7.05. The highest BCUT2D eigenvalue weighted by atomic mass is 32.2. The van der Waals surface area contributed by atoms with Crippen LogP contribution in [0.5, 0.6) is 5.75 Å². The Hall–Kier alpha value is -1.18. The van der Waals surface area contributed by atoms with Crippen molar-refractivity contribution in [2.75, 3.05) is 24.7 Å². The molecule has 2 aromatic rings. The van der Waals surface area contributed by atoms with E-state index < -0.39 is 0 Å². The number of aryl methyl sites for hydroxylation is 2. The monoisotopic (exact) mass is 422 g/mol. The summed E-state index contributed by atoms with van der Waals surface area (Å²) in [6.45, 7) is 2.77. The number of nitrogens with zero attached hydrogens (tertiary/aromatic N) is 1.